The summed E-state index contributed by atoms with van der Waals surface area (Å²) in [5, 5.41) is 8.16. The second-order valence-electron chi connectivity index (χ2n) is 4.79. The Balaban J connectivity index is 1.98. The molecule has 0 amide bonds. The topological polar surface area (TPSA) is 85.4 Å². The summed E-state index contributed by atoms with van der Waals surface area (Å²) in [5.74, 6) is 2.53. The van der Waals surface area contributed by atoms with E-state index in [1.807, 2.05) is 18.5 Å². The van der Waals surface area contributed by atoms with Crippen molar-refractivity contribution in [2.24, 2.45) is 12.8 Å². The average molecular weight is 232 g/mol. The zero-order valence-electron chi connectivity index (χ0n) is 10.1. The lowest BCUT2D eigenvalue weighted by atomic mass is 9.77. The summed E-state index contributed by atoms with van der Waals surface area (Å²) in [7, 11) is 1.94. The molecule has 1 fully saturated rings. The minimum atomic E-state index is -0.258. The standard InChI is InChI=1S/C11H16N6/c1-7-15-16-9(17(7)2)8-6-13-10(14-8)11(12)4-3-5-11/h6H,3-5,12H2,1-2H3,(H,13,14). The number of rotatable bonds is 2. The number of nitrogens with zero attached hydrogens (tertiary/aromatic N) is 4. The number of nitrogens with two attached hydrogens (primary N) is 1. The number of hydrogen-bond donors (Lipinski definition) is 2. The third-order valence-corrected chi connectivity index (χ3v) is 3.63. The van der Waals surface area contributed by atoms with Crippen LogP contribution in [-0.4, -0.2) is 24.7 Å². The van der Waals surface area contributed by atoms with Crippen molar-refractivity contribution in [3.63, 3.8) is 0 Å². The summed E-state index contributed by atoms with van der Waals surface area (Å²) in [6.45, 7) is 1.92. The Kier molecular flexibility index (Phi) is 2.09. The molecular formula is C11H16N6. The molecule has 6 heteroatoms. The highest BCUT2D eigenvalue weighted by atomic mass is 15.3. The van der Waals surface area contributed by atoms with Crippen molar-refractivity contribution in [2.45, 2.75) is 31.7 Å². The van der Waals surface area contributed by atoms with Crippen LogP contribution in [0.4, 0.5) is 0 Å². The number of aromatic nitrogens is 5. The van der Waals surface area contributed by atoms with Gasteiger partial charge < -0.3 is 15.3 Å². The number of hydrogen-bond acceptors (Lipinski definition) is 4. The molecule has 0 radical (unpaired) electrons. The predicted octanol–water partition coefficient (Wildman–Crippen LogP) is 0.852. The summed E-state index contributed by atoms with van der Waals surface area (Å²) < 4.78 is 1.93. The molecule has 3 N–H and O–H groups in total. The molecular weight excluding hydrogens is 216 g/mol. The zero-order valence-corrected chi connectivity index (χ0v) is 10.1. The molecule has 0 unspecified atom stereocenters. The summed E-state index contributed by atoms with van der Waals surface area (Å²) >= 11 is 0. The first kappa shape index (κ1) is 10.5. The predicted molar refractivity (Wildman–Crippen MR) is 63.0 cm³/mol. The van der Waals surface area contributed by atoms with Crippen molar-refractivity contribution in [2.75, 3.05) is 0 Å². The van der Waals surface area contributed by atoms with Gasteiger partial charge in [0.2, 0.25) is 0 Å². The van der Waals surface area contributed by atoms with E-state index >= 15 is 0 Å². The SMILES string of the molecule is Cc1nnc(-c2cnc(C3(N)CCC3)[nH]2)n1C. The number of aromatic amines is 1. The van der Waals surface area contributed by atoms with Gasteiger partial charge in [-0.2, -0.15) is 0 Å². The molecule has 90 valence electrons. The van der Waals surface area contributed by atoms with Crippen LogP contribution in [0.15, 0.2) is 6.20 Å². The van der Waals surface area contributed by atoms with E-state index in [4.69, 9.17) is 5.73 Å². The van der Waals surface area contributed by atoms with Gasteiger partial charge in [-0.25, -0.2) is 4.98 Å². The molecule has 1 aliphatic carbocycles. The number of aryl methyl sites for hydroxylation is 1. The lowest BCUT2D eigenvalue weighted by molar-refractivity contribution is 0.240. The molecule has 0 bridgehead atoms. The second-order valence-corrected chi connectivity index (χ2v) is 4.79. The van der Waals surface area contributed by atoms with Crippen LogP contribution in [0.5, 0.6) is 0 Å². The molecule has 2 aromatic rings. The van der Waals surface area contributed by atoms with Crippen molar-refractivity contribution in [3.8, 4) is 11.5 Å². The van der Waals surface area contributed by atoms with Crippen LogP contribution in [0.1, 0.15) is 30.9 Å². The zero-order chi connectivity index (χ0) is 12.0. The number of H-pyrrole nitrogens is 1. The van der Waals surface area contributed by atoms with E-state index in [9.17, 15) is 0 Å². The maximum atomic E-state index is 6.22. The van der Waals surface area contributed by atoms with Crippen molar-refractivity contribution < 1.29 is 0 Å². The van der Waals surface area contributed by atoms with Gasteiger partial charge in [0.1, 0.15) is 17.3 Å². The van der Waals surface area contributed by atoms with Gasteiger partial charge >= 0.3 is 0 Å². The highest BCUT2D eigenvalue weighted by Crippen LogP contribution is 2.37. The van der Waals surface area contributed by atoms with E-state index in [0.29, 0.717) is 0 Å². The maximum Gasteiger partial charge on any atom is 0.181 e. The second kappa shape index (κ2) is 3.40. The first-order valence-corrected chi connectivity index (χ1v) is 5.81. The van der Waals surface area contributed by atoms with E-state index in [1.165, 1.54) is 6.42 Å². The van der Waals surface area contributed by atoms with Gasteiger partial charge in [0.15, 0.2) is 5.82 Å². The Hall–Kier alpha value is -1.69. The highest BCUT2D eigenvalue weighted by molar-refractivity contribution is 5.48. The maximum absolute atomic E-state index is 6.22. The molecule has 2 heterocycles. The van der Waals surface area contributed by atoms with Crippen LogP contribution in [0, 0.1) is 6.92 Å². The molecule has 0 aromatic carbocycles. The van der Waals surface area contributed by atoms with Gasteiger partial charge in [0.05, 0.1) is 11.7 Å². The van der Waals surface area contributed by atoms with Gasteiger partial charge in [0, 0.05) is 7.05 Å². The summed E-state index contributed by atoms with van der Waals surface area (Å²) in [6.07, 6.45) is 4.96. The first-order chi connectivity index (χ1) is 8.10. The fraction of sp³-hybridized carbons (Fsp3) is 0.545. The third-order valence-electron chi connectivity index (χ3n) is 3.63. The van der Waals surface area contributed by atoms with E-state index in [0.717, 1.165) is 36.0 Å². The summed E-state index contributed by atoms with van der Waals surface area (Å²) in [5.41, 5.74) is 6.84. The molecule has 1 aliphatic rings. The molecule has 0 saturated heterocycles. The Labute approximate surface area is 99.3 Å². The van der Waals surface area contributed by atoms with Crippen LogP contribution in [-0.2, 0) is 12.6 Å². The summed E-state index contributed by atoms with van der Waals surface area (Å²) in [4.78, 5) is 7.64. The quantitative estimate of drug-likeness (QED) is 0.803. The van der Waals surface area contributed by atoms with Crippen LogP contribution in [0.3, 0.4) is 0 Å². The molecule has 0 atom stereocenters. The van der Waals surface area contributed by atoms with Crippen molar-refractivity contribution >= 4 is 0 Å². The fourth-order valence-electron chi connectivity index (χ4n) is 2.12. The van der Waals surface area contributed by atoms with E-state index in [1.54, 1.807) is 6.20 Å². The van der Waals surface area contributed by atoms with Crippen LogP contribution in [0.2, 0.25) is 0 Å². The van der Waals surface area contributed by atoms with Gasteiger partial charge in [-0.15, -0.1) is 10.2 Å². The minimum absolute atomic E-state index is 0.258. The van der Waals surface area contributed by atoms with Crippen LogP contribution in [0.25, 0.3) is 11.5 Å². The highest BCUT2D eigenvalue weighted by Gasteiger charge is 2.37. The monoisotopic (exact) mass is 232 g/mol. The first-order valence-electron chi connectivity index (χ1n) is 5.81. The smallest absolute Gasteiger partial charge is 0.181 e. The molecule has 1 saturated carbocycles. The minimum Gasteiger partial charge on any atom is -0.338 e. The molecule has 6 nitrogen and oxygen atoms in total. The lowest BCUT2D eigenvalue weighted by Crippen LogP contribution is -2.44. The normalized spacial score (nSPS) is 18.1. The molecule has 2 aromatic heterocycles. The lowest BCUT2D eigenvalue weighted by Gasteiger charge is -2.35. The summed E-state index contributed by atoms with van der Waals surface area (Å²) in [6, 6.07) is 0. The average Bonchev–Trinajstić information content (AvgIpc) is 2.85. The third kappa shape index (κ3) is 1.48. The van der Waals surface area contributed by atoms with Crippen molar-refractivity contribution in [1.82, 2.24) is 24.7 Å². The Morgan fingerprint density at radius 3 is 2.71 bits per heavy atom. The van der Waals surface area contributed by atoms with Crippen molar-refractivity contribution in [3.05, 3.63) is 17.8 Å². The Morgan fingerprint density at radius 1 is 1.41 bits per heavy atom. The van der Waals surface area contributed by atoms with Gasteiger partial charge in [-0.3, -0.25) is 0 Å². The van der Waals surface area contributed by atoms with E-state index in [-0.39, 0.29) is 5.54 Å². The van der Waals surface area contributed by atoms with E-state index < -0.39 is 0 Å². The van der Waals surface area contributed by atoms with Gasteiger partial charge in [0.25, 0.3) is 0 Å². The van der Waals surface area contributed by atoms with Crippen molar-refractivity contribution in [1.29, 1.82) is 0 Å². The largest absolute Gasteiger partial charge is 0.338 e. The van der Waals surface area contributed by atoms with E-state index in [2.05, 4.69) is 20.2 Å². The fourth-order valence-corrected chi connectivity index (χ4v) is 2.12. The molecule has 0 aliphatic heterocycles. The molecule has 17 heavy (non-hydrogen) atoms. The van der Waals surface area contributed by atoms with Gasteiger partial charge in [-0.05, 0) is 26.2 Å². The molecule has 0 spiro atoms. The van der Waals surface area contributed by atoms with Crippen LogP contribution < -0.4 is 5.73 Å². The Bertz CT molecular complexity index is 548. The van der Waals surface area contributed by atoms with Crippen LogP contribution >= 0.6 is 0 Å². The number of nitrogens with one attached hydrogen (secondary N) is 1. The Morgan fingerprint density at radius 2 is 2.18 bits per heavy atom. The number of imidazole rings is 1. The van der Waals surface area contributed by atoms with Gasteiger partial charge in [-0.1, -0.05) is 0 Å². The molecule has 3 rings (SSSR count).